The molecule has 0 saturated heterocycles. The Morgan fingerprint density at radius 2 is 1.03 bits per heavy atom. The second-order valence-corrected chi connectivity index (χ2v) is 23.2. The van der Waals surface area contributed by atoms with E-state index in [1.807, 2.05) is 0 Å². The van der Waals surface area contributed by atoms with E-state index in [-0.39, 0.29) is 37.7 Å². The molecule has 6 aromatic rings. The third-order valence-corrected chi connectivity index (χ3v) is 15.7. The van der Waals surface area contributed by atoms with Gasteiger partial charge in [0.15, 0.2) is 0 Å². The number of carboxylic acid groups (broad SMARTS) is 1. The summed E-state index contributed by atoms with van der Waals surface area (Å²) in [6.07, 6.45) is 9.28. The number of amides is 1. The number of nitrogens with one attached hydrogen (secondary N) is 1. The van der Waals surface area contributed by atoms with Gasteiger partial charge in [0.25, 0.3) is 26.0 Å². The van der Waals surface area contributed by atoms with Crippen LogP contribution in [0.1, 0.15) is 125 Å². The molecule has 2 aromatic carbocycles. The monoisotopic (exact) mass is 935 g/mol. The van der Waals surface area contributed by atoms with Gasteiger partial charge in [-0.05, 0) is 112 Å². The first kappa shape index (κ1) is 47.6. The average molecular weight is 936 g/mol. The predicted octanol–water partition coefficient (Wildman–Crippen LogP) is 8.86. The van der Waals surface area contributed by atoms with Crippen molar-refractivity contribution < 1.29 is 40.3 Å². The number of aromatic nitrogens is 6. The maximum absolute atomic E-state index is 13.6. The molecule has 4 heterocycles. The van der Waals surface area contributed by atoms with Crippen molar-refractivity contribution in [3.63, 3.8) is 0 Å². The standard InChI is InChI=1S/C24H31FN4O3S.C23H28FN3O4S/c1-24(2,3)23-27-20-13-19(33(31,32)28-12-11-17(15-28)22(30)26-4)9-10-21(20)29(23)14-16-5-7-18(25)8-6-16;1-23(2,3)22-25-19-12-18(32(30,31)26-11-10-16(14-26)21(28)29)8-9-20(19)27(22)13-15-4-6-17(24)7-5-15/h9-13,15-16,18H,5-8,14H2,1-4H3,(H,26,30);8-12,14-15,17H,4-7,13H2,1-3H3,(H,28,29). The number of fused-ring (bicyclic) bond motifs is 2. The minimum atomic E-state index is -3.95. The molecule has 0 aliphatic heterocycles. The predicted molar refractivity (Wildman–Crippen MR) is 245 cm³/mol. The van der Waals surface area contributed by atoms with Crippen LogP contribution in [0, 0.1) is 11.8 Å². The van der Waals surface area contributed by atoms with Gasteiger partial charge in [0.05, 0.1) is 43.0 Å². The molecule has 0 spiro atoms. The molecule has 4 aromatic heterocycles. The Bertz CT molecular complexity index is 2940. The SMILES string of the molecule is CC(C)(C)c1nc2cc(S(=O)(=O)n3ccc(C(=O)O)c3)ccc2n1CC1CCC(F)CC1.CNC(=O)c1ccn(S(=O)(=O)c2ccc3c(c2)nc(C(C)(C)C)n3CC2CCC(F)CC2)c1. The van der Waals surface area contributed by atoms with Gasteiger partial charge in [0.1, 0.15) is 24.0 Å². The molecule has 1 amide bonds. The number of halogens is 2. The highest BCUT2D eigenvalue weighted by Crippen LogP contribution is 2.35. The third-order valence-electron chi connectivity index (χ3n) is 12.4. The van der Waals surface area contributed by atoms with Crippen LogP contribution in [-0.2, 0) is 44.0 Å². The van der Waals surface area contributed by atoms with Crippen molar-refractivity contribution in [2.75, 3.05) is 7.05 Å². The Morgan fingerprint density at radius 3 is 1.38 bits per heavy atom. The van der Waals surface area contributed by atoms with Crippen LogP contribution in [0.25, 0.3) is 22.1 Å². The number of carbonyl (C=O) groups is 2. The van der Waals surface area contributed by atoms with Crippen molar-refractivity contribution in [3.05, 3.63) is 96.1 Å². The van der Waals surface area contributed by atoms with Crippen LogP contribution in [0.2, 0.25) is 0 Å². The summed E-state index contributed by atoms with van der Waals surface area (Å²) < 4.78 is 86.0. The number of aromatic carboxylic acids is 1. The number of imidazole rings is 2. The second-order valence-electron chi connectivity index (χ2n) is 19.5. The molecule has 0 radical (unpaired) electrons. The van der Waals surface area contributed by atoms with E-state index in [9.17, 15) is 35.2 Å². The van der Waals surface area contributed by atoms with Gasteiger partial charge in [-0.2, -0.15) is 0 Å². The van der Waals surface area contributed by atoms with Crippen LogP contribution in [0.3, 0.4) is 0 Å². The van der Waals surface area contributed by atoms with E-state index in [2.05, 4.69) is 56.0 Å². The fourth-order valence-corrected chi connectivity index (χ4v) is 11.3. The number of hydrogen-bond acceptors (Lipinski definition) is 8. The van der Waals surface area contributed by atoms with Gasteiger partial charge in [-0.15, -0.1) is 0 Å². The minimum absolute atomic E-state index is 0.0422. The lowest BCUT2D eigenvalue weighted by Crippen LogP contribution is -2.24. The van der Waals surface area contributed by atoms with Gasteiger partial charge in [0, 0.05) is 55.8 Å². The molecule has 2 aliphatic rings. The number of benzene rings is 2. The molecule has 2 fully saturated rings. The molecular formula is C47H59F2N7O7S2. The van der Waals surface area contributed by atoms with Gasteiger partial charge in [-0.1, -0.05) is 41.5 Å². The van der Waals surface area contributed by atoms with Crippen LogP contribution in [0.15, 0.2) is 83.1 Å². The second kappa shape index (κ2) is 18.1. The first-order chi connectivity index (χ1) is 30.5. The summed E-state index contributed by atoms with van der Waals surface area (Å²) in [6, 6.07) is 12.5. The summed E-state index contributed by atoms with van der Waals surface area (Å²) in [5, 5.41) is 11.6. The van der Waals surface area contributed by atoms with E-state index in [1.165, 1.54) is 49.9 Å². The van der Waals surface area contributed by atoms with Gasteiger partial charge in [-0.3, -0.25) is 4.79 Å². The number of rotatable bonds is 10. The molecule has 350 valence electrons. The summed E-state index contributed by atoms with van der Waals surface area (Å²) in [5.41, 5.74) is 2.57. The Hall–Kier alpha value is -5.36. The smallest absolute Gasteiger partial charge is 0.337 e. The summed E-state index contributed by atoms with van der Waals surface area (Å²) in [4.78, 5) is 32.7. The van der Waals surface area contributed by atoms with E-state index in [1.54, 1.807) is 24.3 Å². The lowest BCUT2D eigenvalue weighted by Gasteiger charge is -2.27. The van der Waals surface area contributed by atoms with E-state index >= 15 is 0 Å². The van der Waals surface area contributed by atoms with Crippen LogP contribution in [0.5, 0.6) is 0 Å². The minimum Gasteiger partial charge on any atom is -0.478 e. The lowest BCUT2D eigenvalue weighted by atomic mass is 9.87. The quantitative estimate of drug-likeness (QED) is 0.136. The van der Waals surface area contributed by atoms with Crippen molar-refractivity contribution in [3.8, 4) is 0 Å². The Morgan fingerprint density at radius 1 is 0.646 bits per heavy atom. The molecular weight excluding hydrogens is 877 g/mol. The highest BCUT2D eigenvalue weighted by atomic mass is 32.2. The number of carboxylic acids is 1. The van der Waals surface area contributed by atoms with Crippen molar-refractivity contribution >= 4 is 54.0 Å². The molecule has 2 N–H and O–H groups in total. The molecule has 18 heteroatoms. The number of nitrogens with zero attached hydrogens (tertiary/aromatic N) is 6. The van der Waals surface area contributed by atoms with Crippen LogP contribution < -0.4 is 5.32 Å². The zero-order valence-corrected chi connectivity index (χ0v) is 39.6. The summed E-state index contributed by atoms with van der Waals surface area (Å²) >= 11 is 0. The molecule has 2 aliphatic carbocycles. The Labute approximate surface area is 379 Å². The number of hydrogen-bond donors (Lipinski definition) is 2. The summed E-state index contributed by atoms with van der Waals surface area (Å²) in [7, 11) is -6.34. The van der Waals surface area contributed by atoms with Gasteiger partial charge in [-0.25, -0.2) is 48.3 Å². The highest BCUT2D eigenvalue weighted by molar-refractivity contribution is 7.90. The van der Waals surface area contributed by atoms with Gasteiger partial charge < -0.3 is 19.6 Å². The topological polar surface area (TPSA) is 180 Å². The zero-order valence-electron chi connectivity index (χ0n) is 38.0. The zero-order chi connectivity index (χ0) is 47.2. The first-order valence-corrected chi connectivity index (χ1v) is 25.0. The van der Waals surface area contributed by atoms with Gasteiger partial charge in [0.2, 0.25) is 0 Å². The van der Waals surface area contributed by atoms with Gasteiger partial charge >= 0.3 is 5.97 Å². The molecule has 2 saturated carbocycles. The first-order valence-electron chi connectivity index (χ1n) is 22.1. The molecule has 0 atom stereocenters. The summed E-state index contributed by atoms with van der Waals surface area (Å²) in [6.45, 7) is 13.9. The molecule has 65 heavy (non-hydrogen) atoms. The van der Waals surface area contributed by atoms with E-state index < -0.39 is 38.4 Å². The van der Waals surface area contributed by atoms with Crippen LogP contribution in [-0.4, -0.2) is 80.3 Å². The largest absolute Gasteiger partial charge is 0.478 e. The van der Waals surface area contributed by atoms with Crippen LogP contribution >= 0.6 is 0 Å². The average Bonchev–Trinajstić information content (AvgIpc) is 4.08. The van der Waals surface area contributed by atoms with E-state index in [0.29, 0.717) is 48.6 Å². The Balaban J connectivity index is 0.000000194. The Kier molecular flexibility index (Phi) is 13.3. The molecule has 14 nitrogen and oxygen atoms in total. The lowest BCUT2D eigenvalue weighted by molar-refractivity contribution is 0.0696. The third kappa shape index (κ3) is 10.1. The van der Waals surface area contributed by atoms with Crippen LogP contribution in [0.4, 0.5) is 8.78 Å². The number of alkyl halides is 2. The fraction of sp³-hybridized carbons (Fsp3) is 0.489. The van der Waals surface area contributed by atoms with Crippen molar-refractivity contribution in [2.24, 2.45) is 11.8 Å². The molecule has 0 unspecified atom stereocenters. The van der Waals surface area contributed by atoms with E-state index in [4.69, 9.17) is 15.1 Å². The number of carbonyl (C=O) groups excluding carboxylic acids is 1. The van der Waals surface area contributed by atoms with Crippen molar-refractivity contribution in [1.82, 2.24) is 32.4 Å². The van der Waals surface area contributed by atoms with Crippen molar-refractivity contribution in [1.29, 1.82) is 0 Å². The maximum atomic E-state index is 13.6. The maximum Gasteiger partial charge on any atom is 0.337 e. The molecule has 0 bridgehead atoms. The van der Waals surface area contributed by atoms with E-state index in [0.717, 1.165) is 75.6 Å². The normalized spacial score (nSPS) is 19.8. The fourth-order valence-electron chi connectivity index (χ4n) is 8.88. The summed E-state index contributed by atoms with van der Waals surface area (Å²) in [5.74, 6) is 0.940. The van der Waals surface area contributed by atoms with Crippen molar-refractivity contribution in [2.45, 2.75) is 139 Å². The molecule has 8 rings (SSSR count). The highest BCUT2D eigenvalue weighted by Gasteiger charge is 2.30.